The fraction of sp³-hybridized carbons (Fsp3) is 0.214. The van der Waals surface area contributed by atoms with E-state index in [2.05, 4.69) is 0 Å². The molecule has 3 aromatic carbocycles. The quantitative estimate of drug-likeness (QED) is 0.348. The number of rotatable bonds is 7. The van der Waals surface area contributed by atoms with Crippen LogP contribution in [0.3, 0.4) is 0 Å². The zero-order valence-corrected chi connectivity index (χ0v) is 21.5. The Bertz CT molecular complexity index is 1390. The maximum Gasteiger partial charge on any atom is 0.339 e. The number of nitrogens with zero attached hydrogens (tertiary/aromatic N) is 2. The second kappa shape index (κ2) is 11.3. The van der Waals surface area contributed by atoms with Crippen LogP contribution in [0, 0.1) is 6.92 Å². The number of methoxy groups -OCH3 is 1. The molecular weight excluding hydrogens is 492 g/mol. The maximum absolute atomic E-state index is 12.7. The first kappa shape index (κ1) is 26.0. The Kier molecular flexibility index (Phi) is 7.93. The summed E-state index contributed by atoms with van der Waals surface area (Å²) in [4.78, 5) is 28.8. The first-order chi connectivity index (χ1) is 17.8. The molecule has 4 rings (SSSR count). The molecular formula is C28H28N2O6S. The van der Waals surface area contributed by atoms with Gasteiger partial charge in [0.2, 0.25) is 5.91 Å². The number of carbonyl (C=O) groups is 2. The molecule has 1 saturated heterocycles. The van der Waals surface area contributed by atoms with Crippen molar-refractivity contribution in [3.63, 3.8) is 0 Å². The average Bonchev–Trinajstić information content (AvgIpc) is 2.92. The van der Waals surface area contributed by atoms with Crippen LogP contribution >= 0.6 is 0 Å². The van der Waals surface area contributed by atoms with E-state index in [1.54, 1.807) is 52.3 Å². The van der Waals surface area contributed by atoms with E-state index in [1.807, 2.05) is 25.1 Å². The predicted octanol–water partition coefficient (Wildman–Crippen LogP) is 3.77. The summed E-state index contributed by atoms with van der Waals surface area (Å²) in [6, 6.07) is 20.2. The van der Waals surface area contributed by atoms with E-state index in [9.17, 15) is 18.0 Å². The number of piperazine rings is 1. The molecule has 2 amide bonds. The summed E-state index contributed by atoms with van der Waals surface area (Å²) >= 11 is 0. The van der Waals surface area contributed by atoms with Gasteiger partial charge in [-0.05, 0) is 55.0 Å². The van der Waals surface area contributed by atoms with Crippen LogP contribution in [0.1, 0.15) is 21.5 Å². The molecule has 0 saturated carbocycles. The summed E-state index contributed by atoms with van der Waals surface area (Å²) in [6.45, 7) is 3.67. The van der Waals surface area contributed by atoms with E-state index in [0.717, 1.165) is 5.56 Å². The molecule has 1 heterocycles. The van der Waals surface area contributed by atoms with E-state index in [-0.39, 0.29) is 28.2 Å². The van der Waals surface area contributed by atoms with Gasteiger partial charge in [0.05, 0.1) is 7.11 Å². The summed E-state index contributed by atoms with van der Waals surface area (Å²) < 4.78 is 35.9. The van der Waals surface area contributed by atoms with Crippen molar-refractivity contribution >= 4 is 28.0 Å². The van der Waals surface area contributed by atoms with Crippen molar-refractivity contribution in [1.29, 1.82) is 0 Å². The Labute approximate surface area is 216 Å². The van der Waals surface area contributed by atoms with Crippen LogP contribution in [0.15, 0.2) is 83.8 Å². The SMILES string of the molecule is COc1cc(/C=C\C(=O)N2CCN(C(=O)c3ccccc3)CC2)ccc1OS(=O)(=O)c1ccc(C)cc1. The third-order valence-corrected chi connectivity index (χ3v) is 7.26. The Morgan fingerprint density at radius 2 is 1.49 bits per heavy atom. The van der Waals surface area contributed by atoms with Crippen molar-refractivity contribution in [1.82, 2.24) is 9.80 Å². The third-order valence-electron chi connectivity index (χ3n) is 6.01. The number of amides is 2. The van der Waals surface area contributed by atoms with Crippen LogP contribution in [0.2, 0.25) is 0 Å². The van der Waals surface area contributed by atoms with E-state index < -0.39 is 10.1 Å². The summed E-state index contributed by atoms with van der Waals surface area (Å²) in [6.07, 6.45) is 3.08. The van der Waals surface area contributed by atoms with Crippen molar-refractivity contribution in [3.8, 4) is 11.5 Å². The maximum atomic E-state index is 12.7. The van der Waals surface area contributed by atoms with Crippen LogP contribution in [-0.2, 0) is 14.9 Å². The summed E-state index contributed by atoms with van der Waals surface area (Å²) in [5, 5.41) is 0. The smallest absolute Gasteiger partial charge is 0.339 e. The summed E-state index contributed by atoms with van der Waals surface area (Å²) in [7, 11) is -2.62. The molecule has 1 fully saturated rings. The van der Waals surface area contributed by atoms with Crippen LogP contribution in [-0.4, -0.2) is 63.3 Å². The topological polar surface area (TPSA) is 93.2 Å². The molecule has 8 nitrogen and oxygen atoms in total. The van der Waals surface area contributed by atoms with Crippen LogP contribution in [0.4, 0.5) is 0 Å². The van der Waals surface area contributed by atoms with E-state index in [0.29, 0.717) is 37.3 Å². The molecule has 0 spiro atoms. The van der Waals surface area contributed by atoms with Gasteiger partial charge in [0.15, 0.2) is 11.5 Å². The van der Waals surface area contributed by atoms with Crippen molar-refractivity contribution in [3.05, 3.63) is 95.6 Å². The Balaban J connectivity index is 1.37. The second-order valence-corrected chi connectivity index (χ2v) is 10.1. The zero-order valence-electron chi connectivity index (χ0n) is 20.7. The van der Waals surface area contributed by atoms with E-state index in [4.69, 9.17) is 8.92 Å². The Morgan fingerprint density at radius 1 is 0.838 bits per heavy atom. The van der Waals surface area contributed by atoms with Gasteiger partial charge in [-0.15, -0.1) is 0 Å². The molecule has 37 heavy (non-hydrogen) atoms. The normalized spacial score (nSPS) is 14.0. The van der Waals surface area contributed by atoms with Gasteiger partial charge in [0.25, 0.3) is 5.91 Å². The molecule has 0 atom stereocenters. The number of ether oxygens (including phenoxy) is 1. The molecule has 9 heteroatoms. The third kappa shape index (κ3) is 6.37. The van der Waals surface area contributed by atoms with Gasteiger partial charge in [-0.3, -0.25) is 9.59 Å². The lowest BCUT2D eigenvalue weighted by Gasteiger charge is -2.34. The fourth-order valence-electron chi connectivity index (χ4n) is 3.89. The van der Waals surface area contributed by atoms with Crippen molar-refractivity contribution < 1.29 is 26.9 Å². The van der Waals surface area contributed by atoms with Crippen LogP contribution in [0.25, 0.3) is 6.08 Å². The lowest BCUT2D eigenvalue weighted by atomic mass is 10.1. The summed E-state index contributed by atoms with van der Waals surface area (Å²) in [5.41, 5.74) is 2.21. The standard InChI is InChI=1S/C28H28N2O6S/c1-21-8-12-24(13-9-21)37(33,34)36-25-14-10-22(20-26(25)35-2)11-15-27(31)29-16-18-30(19-17-29)28(32)23-6-4-3-5-7-23/h3-15,20H,16-19H2,1-2H3/b15-11-. The first-order valence-electron chi connectivity index (χ1n) is 11.8. The first-order valence-corrected chi connectivity index (χ1v) is 13.2. The van der Waals surface area contributed by atoms with Gasteiger partial charge in [-0.2, -0.15) is 8.42 Å². The van der Waals surface area contributed by atoms with Gasteiger partial charge < -0.3 is 18.7 Å². The Hall–Kier alpha value is -4.11. The number of aryl methyl sites for hydroxylation is 1. The number of benzene rings is 3. The molecule has 1 aliphatic heterocycles. The van der Waals surface area contributed by atoms with Gasteiger partial charge in [-0.1, -0.05) is 42.0 Å². The largest absolute Gasteiger partial charge is 0.493 e. The van der Waals surface area contributed by atoms with Crippen molar-refractivity contribution in [2.24, 2.45) is 0 Å². The lowest BCUT2D eigenvalue weighted by Crippen LogP contribution is -2.50. The minimum absolute atomic E-state index is 0.0398. The highest BCUT2D eigenvalue weighted by atomic mass is 32.2. The van der Waals surface area contributed by atoms with E-state index >= 15 is 0 Å². The predicted molar refractivity (Wildman–Crippen MR) is 140 cm³/mol. The van der Waals surface area contributed by atoms with E-state index in [1.165, 1.54) is 31.4 Å². The van der Waals surface area contributed by atoms with Gasteiger partial charge >= 0.3 is 10.1 Å². The highest BCUT2D eigenvalue weighted by Gasteiger charge is 2.24. The molecule has 0 N–H and O–H groups in total. The molecule has 3 aromatic rings. The molecule has 0 aliphatic carbocycles. The number of carbonyl (C=O) groups excluding carboxylic acids is 2. The Morgan fingerprint density at radius 3 is 2.14 bits per heavy atom. The van der Waals surface area contributed by atoms with Crippen LogP contribution in [0.5, 0.6) is 11.5 Å². The van der Waals surface area contributed by atoms with Crippen molar-refractivity contribution in [2.75, 3.05) is 33.3 Å². The average molecular weight is 521 g/mol. The lowest BCUT2D eigenvalue weighted by molar-refractivity contribution is -0.127. The molecule has 192 valence electrons. The van der Waals surface area contributed by atoms with Crippen molar-refractivity contribution in [2.45, 2.75) is 11.8 Å². The minimum Gasteiger partial charge on any atom is -0.493 e. The number of hydrogen-bond donors (Lipinski definition) is 0. The van der Waals surface area contributed by atoms with Gasteiger partial charge in [-0.25, -0.2) is 0 Å². The van der Waals surface area contributed by atoms with Gasteiger partial charge in [0.1, 0.15) is 4.90 Å². The molecule has 0 unspecified atom stereocenters. The number of hydrogen-bond acceptors (Lipinski definition) is 6. The van der Waals surface area contributed by atoms with Gasteiger partial charge in [0, 0.05) is 37.8 Å². The molecule has 1 aliphatic rings. The fourth-order valence-corrected chi connectivity index (χ4v) is 4.83. The molecule has 0 aromatic heterocycles. The van der Waals surface area contributed by atoms with Crippen LogP contribution < -0.4 is 8.92 Å². The monoisotopic (exact) mass is 520 g/mol. The highest BCUT2D eigenvalue weighted by molar-refractivity contribution is 7.87. The zero-order chi connectivity index (χ0) is 26.4. The highest BCUT2D eigenvalue weighted by Crippen LogP contribution is 2.31. The summed E-state index contributed by atoms with van der Waals surface area (Å²) in [5.74, 6) is 0.0548. The molecule has 0 radical (unpaired) electrons. The second-order valence-electron chi connectivity index (χ2n) is 8.58. The molecule has 0 bridgehead atoms. The minimum atomic E-state index is -4.03.